The van der Waals surface area contributed by atoms with Gasteiger partial charge in [0.1, 0.15) is 0 Å². The van der Waals surface area contributed by atoms with Gasteiger partial charge in [-0.05, 0) is 49.2 Å². The van der Waals surface area contributed by atoms with E-state index in [2.05, 4.69) is 26.7 Å². The number of carbonyl (C=O) groups is 1. The Balaban J connectivity index is 1.90. The van der Waals surface area contributed by atoms with Gasteiger partial charge in [-0.15, -0.1) is 0 Å². The largest absolute Gasteiger partial charge is 0.466 e. The number of nitrogens with zero attached hydrogens (tertiary/aromatic N) is 4. The molecule has 0 saturated carbocycles. The van der Waals surface area contributed by atoms with Crippen LogP contribution in [0.5, 0.6) is 0 Å². The maximum absolute atomic E-state index is 12.3. The molecule has 0 aromatic carbocycles. The minimum absolute atomic E-state index is 0.0423. The summed E-state index contributed by atoms with van der Waals surface area (Å²) in [5.74, 6) is -0.288. The van der Waals surface area contributed by atoms with Crippen LogP contribution in [0, 0.1) is 0 Å². The van der Waals surface area contributed by atoms with Crippen molar-refractivity contribution in [2.75, 3.05) is 7.11 Å². The molecule has 6 heteroatoms. The smallest absolute Gasteiger partial charge is 0.336 e. The molecule has 136 valence electrons. The molecule has 2 atom stereocenters. The lowest BCUT2D eigenvalue weighted by molar-refractivity contribution is -0.137. The van der Waals surface area contributed by atoms with Gasteiger partial charge in [-0.1, -0.05) is 0 Å². The quantitative estimate of drug-likeness (QED) is 0.771. The Bertz CT molecular complexity index is 764. The van der Waals surface area contributed by atoms with Gasteiger partial charge in [0.15, 0.2) is 0 Å². The Morgan fingerprint density at radius 3 is 2.08 bits per heavy atom. The van der Waals surface area contributed by atoms with Crippen LogP contribution in [-0.2, 0) is 22.6 Å². The molecule has 3 heterocycles. The van der Waals surface area contributed by atoms with Gasteiger partial charge >= 0.3 is 5.97 Å². The van der Waals surface area contributed by atoms with Crippen LogP contribution in [0.1, 0.15) is 25.0 Å². The average molecular weight is 352 g/mol. The summed E-state index contributed by atoms with van der Waals surface area (Å²) in [5.41, 5.74) is 2.97. The van der Waals surface area contributed by atoms with Crippen molar-refractivity contribution < 1.29 is 9.53 Å². The van der Waals surface area contributed by atoms with Crippen molar-refractivity contribution in [3.8, 4) is 0 Å². The van der Waals surface area contributed by atoms with Crippen molar-refractivity contribution in [1.29, 1.82) is 0 Å². The molecule has 0 bridgehead atoms. The summed E-state index contributed by atoms with van der Waals surface area (Å²) in [5, 5.41) is 0. The van der Waals surface area contributed by atoms with Crippen molar-refractivity contribution in [1.82, 2.24) is 19.8 Å². The van der Waals surface area contributed by atoms with Crippen LogP contribution in [0.4, 0.5) is 0 Å². The maximum atomic E-state index is 12.3. The molecule has 2 aromatic heterocycles. The molecular weight excluding hydrogens is 328 g/mol. The molecule has 0 aliphatic carbocycles. The van der Waals surface area contributed by atoms with Gasteiger partial charge in [0.25, 0.3) is 0 Å². The maximum Gasteiger partial charge on any atom is 0.336 e. The van der Waals surface area contributed by atoms with E-state index in [9.17, 15) is 4.79 Å². The molecule has 0 saturated heterocycles. The lowest BCUT2D eigenvalue weighted by Crippen LogP contribution is -2.53. The number of esters is 1. The van der Waals surface area contributed by atoms with Crippen molar-refractivity contribution in [2.24, 2.45) is 0 Å². The number of hydrogen-bond donors (Lipinski definition) is 0. The van der Waals surface area contributed by atoms with Gasteiger partial charge in [-0.2, -0.15) is 0 Å². The van der Waals surface area contributed by atoms with Crippen molar-refractivity contribution in [3.63, 3.8) is 0 Å². The van der Waals surface area contributed by atoms with Crippen molar-refractivity contribution in [3.05, 3.63) is 72.0 Å². The molecule has 2 aromatic rings. The second-order valence-electron chi connectivity index (χ2n) is 6.44. The first-order chi connectivity index (χ1) is 12.6. The summed E-state index contributed by atoms with van der Waals surface area (Å²) >= 11 is 0. The highest BCUT2D eigenvalue weighted by Crippen LogP contribution is 2.27. The zero-order valence-corrected chi connectivity index (χ0v) is 15.4. The number of hydrogen-bond acceptors (Lipinski definition) is 6. The van der Waals surface area contributed by atoms with E-state index in [-0.39, 0.29) is 18.2 Å². The van der Waals surface area contributed by atoms with Gasteiger partial charge in [-0.25, -0.2) is 4.79 Å². The minimum atomic E-state index is -0.288. The third kappa shape index (κ3) is 3.91. The molecule has 0 fully saturated rings. The minimum Gasteiger partial charge on any atom is -0.466 e. The number of aromatic nitrogens is 2. The first-order valence-electron chi connectivity index (χ1n) is 8.69. The highest BCUT2D eigenvalue weighted by molar-refractivity contribution is 5.89. The highest BCUT2D eigenvalue weighted by atomic mass is 16.5. The third-order valence-electron chi connectivity index (χ3n) is 4.86. The van der Waals surface area contributed by atoms with Crippen LogP contribution < -0.4 is 0 Å². The lowest BCUT2D eigenvalue weighted by Gasteiger charge is -2.45. The molecule has 0 N–H and O–H groups in total. The van der Waals surface area contributed by atoms with Crippen LogP contribution >= 0.6 is 0 Å². The van der Waals surface area contributed by atoms with E-state index in [0.717, 1.165) is 17.7 Å². The fourth-order valence-electron chi connectivity index (χ4n) is 3.27. The summed E-state index contributed by atoms with van der Waals surface area (Å²) in [6.45, 7) is 5.63. The molecular formula is C20H24N4O2. The van der Waals surface area contributed by atoms with Crippen LogP contribution in [0.2, 0.25) is 0 Å². The molecule has 3 rings (SSSR count). The second kappa shape index (κ2) is 8.10. The number of methoxy groups -OCH3 is 1. The van der Waals surface area contributed by atoms with Gasteiger partial charge in [0, 0.05) is 50.1 Å². The molecule has 26 heavy (non-hydrogen) atoms. The SMILES string of the molecule is COC(=O)C1=CN(Cc2ccncc2)[C@@H](C)N(Cc2ccncc2)[C@H]1C. The molecule has 0 radical (unpaired) electrons. The number of rotatable bonds is 5. The van der Waals surface area contributed by atoms with Crippen molar-refractivity contribution in [2.45, 2.75) is 39.1 Å². The van der Waals surface area contributed by atoms with Gasteiger partial charge in [-0.3, -0.25) is 14.9 Å². The fourth-order valence-corrected chi connectivity index (χ4v) is 3.27. The van der Waals surface area contributed by atoms with Gasteiger partial charge in [0.2, 0.25) is 0 Å². The Morgan fingerprint density at radius 2 is 1.54 bits per heavy atom. The first-order valence-corrected chi connectivity index (χ1v) is 8.69. The average Bonchev–Trinajstić information content (AvgIpc) is 2.68. The van der Waals surface area contributed by atoms with Crippen LogP contribution in [-0.4, -0.2) is 45.1 Å². The zero-order valence-electron chi connectivity index (χ0n) is 15.4. The molecule has 0 spiro atoms. The van der Waals surface area contributed by atoms with E-state index in [0.29, 0.717) is 12.1 Å². The Kier molecular flexibility index (Phi) is 5.63. The third-order valence-corrected chi connectivity index (χ3v) is 4.86. The van der Waals surface area contributed by atoms with E-state index in [1.807, 2.05) is 37.4 Å². The predicted octanol–water partition coefficient (Wildman–Crippen LogP) is 2.59. The Hall–Kier alpha value is -2.73. The van der Waals surface area contributed by atoms with Gasteiger partial charge < -0.3 is 9.64 Å². The first kappa shape index (κ1) is 18.1. The normalized spacial score (nSPS) is 20.6. The highest BCUT2D eigenvalue weighted by Gasteiger charge is 2.34. The number of ether oxygens (including phenoxy) is 1. The Morgan fingerprint density at radius 1 is 1.00 bits per heavy atom. The van der Waals surface area contributed by atoms with E-state index in [1.54, 1.807) is 24.8 Å². The van der Waals surface area contributed by atoms with E-state index >= 15 is 0 Å². The summed E-state index contributed by atoms with van der Waals surface area (Å²) in [6, 6.07) is 7.94. The van der Waals surface area contributed by atoms with Crippen LogP contribution in [0.25, 0.3) is 0 Å². The molecule has 0 amide bonds. The molecule has 6 nitrogen and oxygen atoms in total. The number of pyridine rings is 2. The Labute approximate surface area is 154 Å². The monoisotopic (exact) mass is 352 g/mol. The number of carbonyl (C=O) groups excluding carboxylic acids is 1. The van der Waals surface area contributed by atoms with E-state index < -0.39 is 0 Å². The summed E-state index contributed by atoms with van der Waals surface area (Å²) in [7, 11) is 1.42. The standard InChI is InChI=1S/C20H24N4O2/c1-15-19(20(25)26-3)14-23(12-17-4-8-21-9-5-17)16(2)24(15)13-18-6-10-22-11-7-18/h4-11,14-16H,12-13H2,1-3H3/t15-,16+/m0/s1. The predicted molar refractivity (Wildman–Crippen MR) is 98.6 cm³/mol. The molecule has 1 aliphatic heterocycles. The van der Waals surface area contributed by atoms with Crippen molar-refractivity contribution >= 4 is 5.97 Å². The molecule has 0 unspecified atom stereocenters. The molecule has 1 aliphatic rings. The summed E-state index contributed by atoms with van der Waals surface area (Å²) < 4.78 is 5.01. The fraction of sp³-hybridized carbons (Fsp3) is 0.350. The topological polar surface area (TPSA) is 58.6 Å². The van der Waals surface area contributed by atoms with Gasteiger partial charge in [0.05, 0.1) is 18.8 Å². The van der Waals surface area contributed by atoms with Crippen LogP contribution in [0.15, 0.2) is 60.8 Å². The lowest BCUT2D eigenvalue weighted by atomic mass is 10.0. The van der Waals surface area contributed by atoms with E-state index in [1.165, 1.54) is 7.11 Å². The van der Waals surface area contributed by atoms with E-state index in [4.69, 9.17) is 4.74 Å². The summed E-state index contributed by atoms with van der Waals surface area (Å²) in [4.78, 5) is 24.9. The summed E-state index contributed by atoms with van der Waals surface area (Å²) in [6.07, 6.45) is 9.21. The zero-order chi connectivity index (χ0) is 18.5. The second-order valence-corrected chi connectivity index (χ2v) is 6.44. The van der Waals surface area contributed by atoms with Crippen LogP contribution in [0.3, 0.4) is 0 Å².